The number of benzene rings is 8. The lowest BCUT2D eigenvalue weighted by atomic mass is 9.57. The van der Waals surface area contributed by atoms with Gasteiger partial charge in [0, 0.05) is 0 Å². The molecule has 0 fully saturated rings. The fourth-order valence-electron chi connectivity index (χ4n) is 8.19. The van der Waals surface area contributed by atoms with Gasteiger partial charge in [0.1, 0.15) is 0 Å². The highest BCUT2D eigenvalue weighted by atomic mass is 14.5. The van der Waals surface area contributed by atoms with E-state index in [1.807, 2.05) is 0 Å². The second kappa shape index (κ2) is 10.4. The molecule has 0 amide bonds. The van der Waals surface area contributed by atoms with Crippen LogP contribution in [-0.2, 0) is 5.41 Å². The van der Waals surface area contributed by atoms with Crippen molar-refractivity contribution in [1.82, 2.24) is 0 Å². The summed E-state index contributed by atoms with van der Waals surface area (Å²) >= 11 is 0. The van der Waals surface area contributed by atoms with Crippen molar-refractivity contribution in [3.8, 4) is 33.4 Å². The van der Waals surface area contributed by atoms with Crippen molar-refractivity contribution in [2.24, 2.45) is 0 Å². The van der Waals surface area contributed by atoms with Crippen molar-refractivity contribution >= 4 is 21.5 Å². The lowest BCUT2D eigenvalue weighted by Gasteiger charge is -2.44. The first-order chi connectivity index (χ1) is 22.8. The lowest BCUT2D eigenvalue weighted by molar-refractivity contribution is 0.757. The fourth-order valence-corrected chi connectivity index (χ4v) is 8.19. The standard InChI is InChI=1S/C46H32/c1-31-29-39(32-17-6-2-7-18-32)43-42-37(31)27-16-28-41(42)46(35-22-10-4-11-23-35,36-24-12-5-13-25-36)45-38-26-15-14-21-34(38)30-40(44(43)45)33-19-8-3-9-20-33/h2-30H,1H3. The molecule has 0 saturated carbocycles. The fraction of sp³-hybridized carbons (Fsp3) is 0.0435. The Hall–Kier alpha value is -5.72. The van der Waals surface area contributed by atoms with E-state index in [9.17, 15) is 0 Å². The van der Waals surface area contributed by atoms with Gasteiger partial charge in [-0.15, -0.1) is 0 Å². The van der Waals surface area contributed by atoms with E-state index in [1.54, 1.807) is 0 Å². The van der Waals surface area contributed by atoms with Crippen LogP contribution in [0.25, 0.3) is 54.9 Å². The molecule has 9 rings (SSSR count). The summed E-state index contributed by atoms with van der Waals surface area (Å²) in [7, 11) is 0. The van der Waals surface area contributed by atoms with Gasteiger partial charge in [-0.05, 0) is 95.7 Å². The van der Waals surface area contributed by atoms with Gasteiger partial charge in [-0.2, -0.15) is 0 Å². The van der Waals surface area contributed by atoms with Gasteiger partial charge in [-0.1, -0.05) is 170 Å². The van der Waals surface area contributed by atoms with Crippen molar-refractivity contribution in [2.75, 3.05) is 0 Å². The number of hydrogen-bond donors (Lipinski definition) is 0. The van der Waals surface area contributed by atoms with Gasteiger partial charge in [-0.3, -0.25) is 0 Å². The third-order valence-corrected chi connectivity index (χ3v) is 10.0. The zero-order valence-electron chi connectivity index (χ0n) is 25.7. The molecule has 0 bridgehead atoms. The second-order valence-corrected chi connectivity index (χ2v) is 12.5. The third kappa shape index (κ3) is 3.74. The molecule has 0 atom stereocenters. The normalized spacial score (nSPS) is 13.1. The Morgan fingerprint density at radius 3 is 1.52 bits per heavy atom. The van der Waals surface area contributed by atoms with E-state index in [1.165, 1.54) is 82.7 Å². The van der Waals surface area contributed by atoms with Crippen LogP contribution in [0, 0.1) is 6.92 Å². The van der Waals surface area contributed by atoms with Crippen LogP contribution in [0.4, 0.5) is 0 Å². The summed E-state index contributed by atoms with van der Waals surface area (Å²) in [6, 6.07) is 65.2. The molecule has 1 aliphatic carbocycles. The molecular weight excluding hydrogens is 553 g/mol. The number of aryl methyl sites for hydroxylation is 1. The summed E-state index contributed by atoms with van der Waals surface area (Å²) in [5.74, 6) is 0. The largest absolute Gasteiger partial charge is 0.0720 e. The van der Waals surface area contributed by atoms with Crippen LogP contribution in [0.1, 0.15) is 27.8 Å². The lowest BCUT2D eigenvalue weighted by Crippen LogP contribution is -2.34. The molecule has 0 N–H and O–H groups in total. The van der Waals surface area contributed by atoms with Gasteiger partial charge in [-0.25, -0.2) is 0 Å². The van der Waals surface area contributed by atoms with E-state index >= 15 is 0 Å². The van der Waals surface area contributed by atoms with Gasteiger partial charge >= 0.3 is 0 Å². The summed E-state index contributed by atoms with van der Waals surface area (Å²) < 4.78 is 0. The maximum Gasteiger partial charge on any atom is 0.0720 e. The minimum absolute atomic E-state index is 0.559. The van der Waals surface area contributed by atoms with Crippen molar-refractivity contribution < 1.29 is 0 Å². The zero-order valence-corrected chi connectivity index (χ0v) is 25.7. The maximum absolute atomic E-state index is 2.43. The number of rotatable bonds is 4. The number of hydrogen-bond acceptors (Lipinski definition) is 0. The average molecular weight is 585 g/mol. The van der Waals surface area contributed by atoms with Crippen LogP contribution < -0.4 is 0 Å². The van der Waals surface area contributed by atoms with Gasteiger partial charge in [0.05, 0.1) is 5.41 Å². The van der Waals surface area contributed by atoms with E-state index in [4.69, 9.17) is 0 Å². The molecule has 0 radical (unpaired) electrons. The van der Waals surface area contributed by atoms with Crippen molar-refractivity contribution in [2.45, 2.75) is 12.3 Å². The predicted molar refractivity (Wildman–Crippen MR) is 194 cm³/mol. The van der Waals surface area contributed by atoms with Gasteiger partial charge < -0.3 is 0 Å². The predicted octanol–water partition coefficient (Wildman–Crippen LogP) is 12.0. The molecule has 0 heteroatoms. The van der Waals surface area contributed by atoms with Gasteiger partial charge in [0.15, 0.2) is 0 Å². The first-order valence-electron chi connectivity index (χ1n) is 16.1. The molecule has 0 spiro atoms. The third-order valence-electron chi connectivity index (χ3n) is 10.0. The average Bonchev–Trinajstić information content (AvgIpc) is 3.14. The van der Waals surface area contributed by atoms with Crippen LogP contribution in [0.5, 0.6) is 0 Å². The van der Waals surface area contributed by atoms with E-state index < -0.39 is 5.41 Å². The van der Waals surface area contributed by atoms with Crippen LogP contribution >= 0.6 is 0 Å². The second-order valence-electron chi connectivity index (χ2n) is 12.5. The first-order valence-corrected chi connectivity index (χ1v) is 16.1. The van der Waals surface area contributed by atoms with Crippen LogP contribution in [0.2, 0.25) is 0 Å². The molecule has 216 valence electrons. The number of fused-ring (bicyclic) bond motifs is 4. The molecule has 8 aromatic rings. The molecule has 0 nitrogen and oxygen atoms in total. The molecule has 0 saturated heterocycles. The molecule has 8 aromatic carbocycles. The molecule has 46 heavy (non-hydrogen) atoms. The van der Waals surface area contributed by atoms with Crippen LogP contribution in [0.15, 0.2) is 176 Å². The molecular formula is C46H32. The minimum atomic E-state index is -0.559. The minimum Gasteiger partial charge on any atom is -0.0622 e. The van der Waals surface area contributed by atoms with Crippen molar-refractivity contribution in [3.05, 3.63) is 204 Å². The van der Waals surface area contributed by atoms with E-state index in [2.05, 4.69) is 183 Å². The van der Waals surface area contributed by atoms with Gasteiger partial charge in [0.2, 0.25) is 0 Å². The zero-order chi connectivity index (χ0) is 30.7. The monoisotopic (exact) mass is 584 g/mol. The smallest absolute Gasteiger partial charge is 0.0622 e. The van der Waals surface area contributed by atoms with E-state index in [0.29, 0.717) is 0 Å². The van der Waals surface area contributed by atoms with Gasteiger partial charge in [0.25, 0.3) is 0 Å². The molecule has 0 aliphatic heterocycles. The first kappa shape index (κ1) is 26.7. The highest BCUT2D eigenvalue weighted by Crippen LogP contribution is 2.61. The van der Waals surface area contributed by atoms with E-state index in [0.717, 1.165) is 0 Å². The Morgan fingerprint density at radius 1 is 0.413 bits per heavy atom. The Morgan fingerprint density at radius 2 is 0.913 bits per heavy atom. The van der Waals surface area contributed by atoms with Crippen molar-refractivity contribution in [3.63, 3.8) is 0 Å². The Kier molecular flexibility index (Phi) is 6.05. The highest BCUT2D eigenvalue weighted by molar-refractivity contribution is 6.17. The Balaban J connectivity index is 1.64. The molecule has 0 unspecified atom stereocenters. The quantitative estimate of drug-likeness (QED) is 0.193. The SMILES string of the molecule is Cc1cc(-c2ccccc2)c2c3c(cccc13)C(c1ccccc1)(c1ccccc1)c1c-2c(-c2ccccc2)cc2ccccc12. The summed E-state index contributed by atoms with van der Waals surface area (Å²) in [5, 5.41) is 5.18. The molecule has 1 aliphatic rings. The van der Waals surface area contributed by atoms with Crippen LogP contribution in [-0.4, -0.2) is 0 Å². The van der Waals surface area contributed by atoms with Crippen molar-refractivity contribution in [1.29, 1.82) is 0 Å². The summed E-state index contributed by atoms with van der Waals surface area (Å²) in [6.45, 7) is 2.27. The Bertz CT molecular complexity index is 2350. The van der Waals surface area contributed by atoms with E-state index in [-0.39, 0.29) is 0 Å². The Labute approximate surface area is 270 Å². The molecule has 0 aromatic heterocycles. The topological polar surface area (TPSA) is 0 Å². The van der Waals surface area contributed by atoms with Crippen LogP contribution in [0.3, 0.4) is 0 Å². The summed E-state index contributed by atoms with van der Waals surface area (Å²) in [5.41, 5.74) is 13.6. The summed E-state index contributed by atoms with van der Waals surface area (Å²) in [6.07, 6.45) is 0. The highest BCUT2D eigenvalue weighted by Gasteiger charge is 2.46. The maximum atomic E-state index is 2.43. The molecule has 0 heterocycles. The summed E-state index contributed by atoms with van der Waals surface area (Å²) in [4.78, 5) is 0.